The summed E-state index contributed by atoms with van der Waals surface area (Å²) in [5.74, 6) is 0.737. The Morgan fingerprint density at radius 2 is 1.81 bits per heavy atom. The largest absolute Gasteiger partial charge is 0.401 e. The molecule has 7 heteroatoms. The molecule has 0 aromatic rings. The molecular weight excluding hydrogens is 283 g/mol. The molecule has 1 rings (SSSR count). The van der Waals surface area contributed by atoms with E-state index >= 15 is 0 Å². The van der Waals surface area contributed by atoms with Gasteiger partial charge in [-0.25, -0.2) is 4.79 Å². The standard InChI is InChI=1S/C14H26F3N3O/c1-20(11-14(15,16)17)10-4-8-18-13(21)19-9-7-12-5-2-3-6-12/h12H,2-11H2,1H3,(H2,18,19,21). The molecule has 0 aromatic heterocycles. The van der Waals surface area contributed by atoms with Gasteiger partial charge in [-0.15, -0.1) is 0 Å². The van der Waals surface area contributed by atoms with E-state index in [9.17, 15) is 18.0 Å². The lowest BCUT2D eigenvalue weighted by Crippen LogP contribution is -2.38. The summed E-state index contributed by atoms with van der Waals surface area (Å²) in [7, 11) is 1.43. The average molecular weight is 309 g/mol. The minimum atomic E-state index is -4.17. The minimum absolute atomic E-state index is 0.230. The van der Waals surface area contributed by atoms with Crippen LogP contribution in [0.25, 0.3) is 0 Å². The molecule has 0 radical (unpaired) electrons. The number of rotatable bonds is 8. The van der Waals surface area contributed by atoms with Gasteiger partial charge >= 0.3 is 12.2 Å². The first-order valence-corrected chi connectivity index (χ1v) is 7.64. The number of nitrogens with zero attached hydrogens (tertiary/aromatic N) is 1. The lowest BCUT2D eigenvalue weighted by atomic mass is 10.0. The molecule has 0 heterocycles. The van der Waals surface area contributed by atoms with Crippen molar-refractivity contribution in [3.05, 3.63) is 0 Å². The maximum absolute atomic E-state index is 12.1. The third-order valence-corrected chi connectivity index (χ3v) is 3.76. The SMILES string of the molecule is CN(CCCNC(=O)NCCC1CCCC1)CC(F)(F)F. The van der Waals surface area contributed by atoms with Gasteiger partial charge in [-0.05, 0) is 32.4 Å². The van der Waals surface area contributed by atoms with Gasteiger partial charge in [0.2, 0.25) is 0 Å². The Morgan fingerprint density at radius 3 is 2.43 bits per heavy atom. The van der Waals surface area contributed by atoms with Crippen molar-refractivity contribution in [3.63, 3.8) is 0 Å². The molecule has 0 unspecified atom stereocenters. The van der Waals surface area contributed by atoms with Gasteiger partial charge in [0.05, 0.1) is 6.54 Å². The van der Waals surface area contributed by atoms with Gasteiger partial charge in [0.25, 0.3) is 0 Å². The van der Waals surface area contributed by atoms with Crippen LogP contribution in [-0.4, -0.2) is 50.3 Å². The van der Waals surface area contributed by atoms with Crippen LogP contribution in [0.2, 0.25) is 0 Å². The van der Waals surface area contributed by atoms with Crippen LogP contribution in [0.5, 0.6) is 0 Å². The number of amides is 2. The van der Waals surface area contributed by atoms with Crippen molar-refractivity contribution < 1.29 is 18.0 Å². The van der Waals surface area contributed by atoms with E-state index in [0.29, 0.717) is 26.1 Å². The number of carbonyl (C=O) groups excluding carboxylic acids is 1. The quantitative estimate of drug-likeness (QED) is 0.677. The highest BCUT2D eigenvalue weighted by atomic mass is 19.4. The highest BCUT2D eigenvalue weighted by Gasteiger charge is 2.28. The van der Waals surface area contributed by atoms with E-state index in [-0.39, 0.29) is 6.03 Å². The molecule has 0 atom stereocenters. The number of urea groups is 1. The molecule has 21 heavy (non-hydrogen) atoms. The first kappa shape index (κ1) is 18.1. The molecule has 4 nitrogen and oxygen atoms in total. The molecule has 1 saturated carbocycles. The van der Waals surface area contributed by atoms with Crippen molar-refractivity contribution in [2.75, 3.05) is 33.2 Å². The molecule has 0 spiro atoms. The lowest BCUT2D eigenvalue weighted by molar-refractivity contribution is -0.143. The summed E-state index contributed by atoms with van der Waals surface area (Å²) in [5, 5.41) is 5.46. The highest BCUT2D eigenvalue weighted by Crippen LogP contribution is 2.26. The Hall–Kier alpha value is -0.980. The zero-order valence-electron chi connectivity index (χ0n) is 12.6. The second-order valence-corrected chi connectivity index (χ2v) is 5.83. The zero-order chi connectivity index (χ0) is 15.7. The molecule has 0 aliphatic heterocycles. The minimum Gasteiger partial charge on any atom is -0.338 e. The Morgan fingerprint density at radius 1 is 1.19 bits per heavy atom. The summed E-state index contributed by atoms with van der Waals surface area (Å²) in [6.07, 6.45) is 2.46. The van der Waals surface area contributed by atoms with Gasteiger partial charge in [0, 0.05) is 13.1 Å². The molecule has 0 aromatic carbocycles. The Bertz CT molecular complexity index is 304. The first-order chi connectivity index (χ1) is 9.87. The van der Waals surface area contributed by atoms with Crippen LogP contribution < -0.4 is 10.6 Å². The van der Waals surface area contributed by atoms with E-state index in [1.165, 1.54) is 37.6 Å². The van der Waals surface area contributed by atoms with E-state index in [0.717, 1.165) is 12.3 Å². The molecule has 124 valence electrons. The maximum atomic E-state index is 12.1. The topological polar surface area (TPSA) is 44.4 Å². The summed E-state index contributed by atoms with van der Waals surface area (Å²) in [5.41, 5.74) is 0. The number of hydrogen-bond donors (Lipinski definition) is 2. The van der Waals surface area contributed by atoms with E-state index in [1.54, 1.807) is 0 Å². The summed E-state index contributed by atoms with van der Waals surface area (Å²) in [4.78, 5) is 12.7. The fourth-order valence-electron chi connectivity index (χ4n) is 2.69. The van der Waals surface area contributed by atoms with Crippen molar-refractivity contribution in [1.82, 2.24) is 15.5 Å². The van der Waals surface area contributed by atoms with E-state index in [1.807, 2.05) is 0 Å². The van der Waals surface area contributed by atoms with E-state index in [2.05, 4.69) is 10.6 Å². The van der Waals surface area contributed by atoms with Crippen LogP contribution in [0.1, 0.15) is 38.5 Å². The van der Waals surface area contributed by atoms with Crippen LogP contribution in [0.3, 0.4) is 0 Å². The first-order valence-electron chi connectivity index (χ1n) is 7.64. The van der Waals surface area contributed by atoms with Crippen LogP contribution >= 0.6 is 0 Å². The Labute approximate surface area is 124 Å². The van der Waals surface area contributed by atoms with Gasteiger partial charge < -0.3 is 10.6 Å². The molecule has 2 amide bonds. The number of nitrogens with one attached hydrogen (secondary N) is 2. The predicted octanol–water partition coefficient (Wildman–Crippen LogP) is 2.75. The van der Waals surface area contributed by atoms with Crippen molar-refractivity contribution in [1.29, 1.82) is 0 Å². The second kappa shape index (κ2) is 9.12. The maximum Gasteiger partial charge on any atom is 0.401 e. The third kappa shape index (κ3) is 9.55. The van der Waals surface area contributed by atoms with Crippen LogP contribution in [-0.2, 0) is 0 Å². The van der Waals surface area contributed by atoms with Crippen LogP contribution in [0, 0.1) is 5.92 Å². The second-order valence-electron chi connectivity index (χ2n) is 5.83. The Balaban J connectivity index is 1.95. The van der Waals surface area contributed by atoms with Gasteiger partial charge in [-0.3, -0.25) is 4.90 Å². The smallest absolute Gasteiger partial charge is 0.338 e. The molecular formula is C14H26F3N3O. The van der Waals surface area contributed by atoms with Gasteiger partial charge in [-0.2, -0.15) is 13.2 Å². The lowest BCUT2D eigenvalue weighted by Gasteiger charge is -2.18. The van der Waals surface area contributed by atoms with Gasteiger partial charge in [0.1, 0.15) is 0 Å². The summed E-state index contributed by atoms with van der Waals surface area (Å²) in [6.45, 7) is 0.449. The monoisotopic (exact) mass is 309 g/mol. The molecule has 1 aliphatic rings. The van der Waals surface area contributed by atoms with E-state index in [4.69, 9.17) is 0 Å². The van der Waals surface area contributed by atoms with E-state index < -0.39 is 12.7 Å². The Kier molecular flexibility index (Phi) is 7.85. The molecule has 0 bridgehead atoms. The molecule has 0 saturated heterocycles. The zero-order valence-corrected chi connectivity index (χ0v) is 12.6. The summed E-state index contributed by atoms with van der Waals surface area (Å²) < 4.78 is 36.3. The van der Waals surface area contributed by atoms with Crippen LogP contribution in [0.15, 0.2) is 0 Å². The summed E-state index contributed by atoms with van der Waals surface area (Å²) in [6, 6.07) is -0.230. The molecule has 2 N–H and O–H groups in total. The van der Waals surface area contributed by atoms with Gasteiger partial charge in [0.15, 0.2) is 0 Å². The number of carbonyl (C=O) groups is 1. The van der Waals surface area contributed by atoms with Crippen molar-refractivity contribution >= 4 is 6.03 Å². The molecule has 1 aliphatic carbocycles. The fourth-order valence-corrected chi connectivity index (χ4v) is 2.69. The molecule has 1 fully saturated rings. The number of hydrogen-bond acceptors (Lipinski definition) is 2. The van der Waals surface area contributed by atoms with Crippen LogP contribution in [0.4, 0.5) is 18.0 Å². The van der Waals surface area contributed by atoms with Crippen molar-refractivity contribution in [2.45, 2.75) is 44.7 Å². The average Bonchev–Trinajstić information content (AvgIpc) is 2.85. The van der Waals surface area contributed by atoms with Crippen molar-refractivity contribution in [2.24, 2.45) is 5.92 Å². The fraction of sp³-hybridized carbons (Fsp3) is 0.929. The van der Waals surface area contributed by atoms with Crippen molar-refractivity contribution in [3.8, 4) is 0 Å². The predicted molar refractivity (Wildman–Crippen MR) is 76.1 cm³/mol. The normalized spacial score (nSPS) is 16.4. The van der Waals surface area contributed by atoms with Gasteiger partial charge in [-0.1, -0.05) is 25.7 Å². The highest BCUT2D eigenvalue weighted by molar-refractivity contribution is 5.73. The third-order valence-electron chi connectivity index (χ3n) is 3.76. The number of halogens is 3. The summed E-state index contributed by atoms with van der Waals surface area (Å²) >= 11 is 0. The number of alkyl halides is 3.